The Balaban J connectivity index is 3.36. The first-order valence-electron chi connectivity index (χ1n) is 5.26. The molecule has 0 saturated heterocycles. The highest BCUT2D eigenvalue weighted by atomic mass is 32.1. The first kappa shape index (κ1) is 16.0. The third-order valence-electron chi connectivity index (χ3n) is 1.53. The summed E-state index contributed by atoms with van der Waals surface area (Å²) < 4.78 is 19.6. The summed E-state index contributed by atoms with van der Waals surface area (Å²) in [6, 6.07) is 0. The number of carbonyl (C=O) groups is 1. The maximum atomic E-state index is 11.0. The number of ether oxygens (including phenoxy) is 4. The zero-order chi connectivity index (χ0) is 12.9. The quantitative estimate of drug-likeness (QED) is 0.273. The molecule has 0 heterocycles. The molecule has 0 aromatic rings. The van der Waals surface area contributed by atoms with Crippen molar-refractivity contribution in [1.29, 1.82) is 0 Å². The van der Waals surface area contributed by atoms with Gasteiger partial charge < -0.3 is 18.9 Å². The lowest BCUT2D eigenvalue weighted by Crippen LogP contribution is -2.17. The largest absolute Gasteiger partial charge is 0.510 e. The molecule has 7 heteroatoms. The molecule has 0 amide bonds. The van der Waals surface area contributed by atoms with E-state index in [9.17, 15) is 4.79 Å². The lowest BCUT2D eigenvalue weighted by atomic mass is 10.7. The summed E-state index contributed by atoms with van der Waals surface area (Å²) in [6.45, 7) is 5.54. The highest BCUT2D eigenvalue weighted by Gasteiger charge is 2.08. The first-order valence-corrected chi connectivity index (χ1v) is 5.67. The molecule has 0 aromatic carbocycles. The Labute approximate surface area is 106 Å². The molecule has 98 valence electrons. The van der Waals surface area contributed by atoms with Crippen LogP contribution in [0.15, 0.2) is 4.99 Å². The van der Waals surface area contributed by atoms with E-state index >= 15 is 0 Å². The topological polar surface area (TPSA) is 66.4 Å². The zero-order valence-electron chi connectivity index (χ0n) is 10.0. The summed E-state index contributed by atoms with van der Waals surface area (Å²) in [5.74, 6) is 0. The lowest BCUT2D eigenvalue weighted by molar-refractivity contribution is 0.000796. The SMILES string of the molecule is CCOCCOCCOC(=O)OC(C)N=C=S. The van der Waals surface area contributed by atoms with Gasteiger partial charge in [0.2, 0.25) is 6.23 Å². The number of isothiocyanates is 1. The Kier molecular flexibility index (Phi) is 10.8. The average Bonchev–Trinajstić information content (AvgIpc) is 2.28. The Morgan fingerprint density at radius 2 is 1.94 bits per heavy atom. The molecule has 0 aliphatic carbocycles. The van der Waals surface area contributed by atoms with E-state index in [-0.39, 0.29) is 6.61 Å². The van der Waals surface area contributed by atoms with Crippen molar-refractivity contribution in [3.63, 3.8) is 0 Å². The van der Waals surface area contributed by atoms with Crippen molar-refractivity contribution in [2.75, 3.05) is 33.0 Å². The van der Waals surface area contributed by atoms with Crippen molar-refractivity contribution in [3.8, 4) is 0 Å². The van der Waals surface area contributed by atoms with Crippen LogP contribution in [0.2, 0.25) is 0 Å². The fraction of sp³-hybridized carbons (Fsp3) is 0.800. The second-order valence-electron chi connectivity index (χ2n) is 2.85. The van der Waals surface area contributed by atoms with Crippen LogP contribution < -0.4 is 0 Å². The predicted molar refractivity (Wildman–Crippen MR) is 64.2 cm³/mol. The van der Waals surface area contributed by atoms with Gasteiger partial charge in [-0.15, -0.1) is 0 Å². The molecule has 0 rings (SSSR count). The summed E-state index contributed by atoms with van der Waals surface area (Å²) in [7, 11) is 0. The summed E-state index contributed by atoms with van der Waals surface area (Å²) in [4.78, 5) is 14.6. The van der Waals surface area contributed by atoms with E-state index < -0.39 is 12.4 Å². The van der Waals surface area contributed by atoms with Gasteiger partial charge in [-0.3, -0.25) is 0 Å². The number of thiocarbonyl (C=S) groups is 1. The van der Waals surface area contributed by atoms with E-state index in [1.165, 1.54) is 0 Å². The highest BCUT2D eigenvalue weighted by Crippen LogP contribution is 1.95. The van der Waals surface area contributed by atoms with Crippen LogP contribution in [0.4, 0.5) is 4.79 Å². The van der Waals surface area contributed by atoms with Crippen LogP contribution in [-0.2, 0) is 18.9 Å². The molecule has 1 atom stereocenters. The molecule has 0 radical (unpaired) electrons. The van der Waals surface area contributed by atoms with Gasteiger partial charge in [0.1, 0.15) is 6.61 Å². The molecule has 0 aliphatic rings. The van der Waals surface area contributed by atoms with Gasteiger partial charge in [-0.25, -0.2) is 4.79 Å². The van der Waals surface area contributed by atoms with Crippen LogP contribution in [0.1, 0.15) is 13.8 Å². The molecule has 1 unspecified atom stereocenters. The predicted octanol–water partition coefficient (Wildman–Crippen LogP) is 1.64. The second-order valence-corrected chi connectivity index (χ2v) is 3.03. The number of hydrogen-bond acceptors (Lipinski definition) is 7. The minimum absolute atomic E-state index is 0.124. The molecular weight excluding hydrogens is 246 g/mol. The molecule has 17 heavy (non-hydrogen) atoms. The van der Waals surface area contributed by atoms with Crippen molar-refractivity contribution in [2.24, 2.45) is 4.99 Å². The highest BCUT2D eigenvalue weighted by molar-refractivity contribution is 7.78. The third kappa shape index (κ3) is 11.3. The number of aliphatic imine (C=N–C) groups is 1. The number of hydrogen-bond donors (Lipinski definition) is 0. The van der Waals surface area contributed by atoms with E-state index in [1.54, 1.807) is 6.92 Å². The maximum absolute atomic E-state index is 11.0. The maximum Gasteiger partial charge on any atom is 0.510 e. The standard InChI is InChI=1S/C10H17NO5S/c1-3-13-4-5-14-6-7-15-10(12)16-9(2)11-8-17/h9H,3-7H2,1-2H3. The van der Waals surface area contributed by atoms with Gasteiger partial charge in [0.25, 0.3) is 0 Å². The zero-order valence-corrected chi connectivity index (χ0v) is 10.8. The molecule has 0 aromatic heterocycles. The van der Waals surface area contributed by atoms with Gasteiger partial charge >= 0.3 is 6.16 Å². The summed E-state index contributed by atoms with van der Waals surface area (Å²) >= 11 is 4.36. The summed E-state index contributed by atoms with van der Waals surface area (Å²) in [5.41, 5.74) is 0. The third-order valence-corrected chi connectivity index (χ3v) is 1.63. The van der Waals surface area contributed by atoms with E-state index in [1.807, 2.05) is 6.92 Å². The van der Waals surface area contributed by atoms with Gasteiger partial charge in [-0.05, 0) is 26.1 Å². The van der Waals surface area contributed by atoms with E-state index in [2.05, 4.69) is 22.4 Å². The summed E-state index contributed by atoms with van der Waals surface area (Å²) in [6.07, 6.45) is -1.49. The monoisotopic (exact) mass is 263 g/mol. The van der Waals surface area contributed by atoms with Crippen LogP contribution in [0.25, 0.3) is 0 Å². The Morgan fingerprint density at radius 3 is 2.59 bits per heavy atom. The van der Waals surface area contributed by atoms with Crippen LogP contribution in [0.3, 0.4) is 0 Å². The minimum atomic E-state index is -0.806. The Hall–Kier alpha value is -1.01. The molecule has 0 fully saturated rings. The summed E-state index contributed by atoms with van der Waals surface area (Å²) in [5, 5.41) is 2.11. The minimum Gasteiger partial charge on any atom is -0.432 e. The van der Waals surface area contributed by atoms with Crippen molar-refractivity contribution in [3.05, 3.63) is 0 Å². The van der Waals surface area contributed by atoms with Crippen LogP contribution in [-0.4, -0.2) is 50.6 Å². The number of nitrogens with zero attached hydrogens (tertiary/aromatic N) is 1. The van der Waals surface area contributed by atoms with E-state index in [0.29, 0.717) is 26.4 Å². The number of carbonyl (C=O) groups excluding carboxylic acids is 1. The molecule has 0 bridgehead atoms. The van der Waals surface area contributed by atoms with Gasteiger partial charge in [0, 0.05) is 6.61 Å². The fourth-order valence-electron chi connectivity index (χ4n) is 0.822. The fourth-order valence-corrected chi connectivity index (χ4v) is 0.970. The van der Waals surface area contributed by atoms with Gasteiger partial charge in [0.05, 0.1) is 25.0 Å². The molecule has 0 saturated carbocycles. The molecular formula is C10H17NO5S. The van der Waals surface area contributed by atoms with Gasteiger partial charge in [0.15, 0.2) is 0 Å². The first-order chi connectivity index (χ1) is 8.20. The van der Waals surface area contributed by atoms with Gasteiger partial charge in [-0.2, -0.15) is 4.99 Å². The molecule has 0 aliphatic heterocycles. The smallest absolute Gasteiger partial charge is 0.432 e. The Morgan fingerprint density at radius 1 is 1.29 bits per heavy atom. The van der Waals surface area contributed by atoms with Crippen LogP contribution >= 0.6 is 12.2 Å². The second kappa shape index (κ2) is 11.5. The van der Waals surface area contributed by atoms with Crippen molar-refractivity contribution in [1.82, 2.24) is 0 Å². The average molecular weight is 263 g/mol. The van der Waals surface area contributed by atoms with Crippen LogP contribution in [0, 0.1) is 0 Å². The number of rotatable bonds is 9. The van der Waals surface area contributed by atoms with Crippen LogP contribution in [0.5, 0.6) is 0 Å². The van der Waals surface area contributed by atoms with E-state index in [4.69, 9.17) is 18.9 Å². The van der Waals surface area contributed by atoms with Crippen molar-refractivity contribution >= 4 is 23.5 Å². The normalized spacial score (nSPS) is 11.4. The van der Waals surface area contributed by atoms with E-state index in [0.717, 1.165) is 0 Å². The van der Waals surface area contributed by atoms with Crippen molar-refractivity contribution < 1.29 is 23.7 Å². The lowest BCUT2D eigenvalue weighted by Gasteiger charge is -2.08. The molecule has 0 spiro atoms. The van der Waals surface area contributed by atoms with Gasteiger partial charge in [-0.1, -0.05) is 0 Å². The molecule has 0 N–H and O–H groups in total. The molecule has 6 nitrogen and oxygen atoms in total. The van der Waals surface area contributed by atoms with Crippen molar-refractivity contribution in [2.45, 2.75) is 20.1 Å². The Bertz CT molecular complexity index is 255.